The van der Waals surface area contributed by atoms with Gasteiger partial charge in [-0.15, -0.1) is 0 Å². The van der Waals surface area contributed by atoms with Crippen molar-refractivity contribution in [1.82, 2.24) is 15.3 Å². The van der Waals surface area contributed by atoms with Gasteiger partial charge in [-0.1, -0.05) is 29.3 Å². The summed E-state index contributed by atoms with van der Waals surface area (Å²) in [6, 6.07) is 5.48. The average molecular weight is 295 g/mol. The smallest absolute Gasteiger partial charge is 0.135 e. The van der Waals surface area contributed by atoms with E-state index in [0.29, 0.717) is 16.6 Å². The fraction of sp³-hybridized carbons (Fsp3) is 0.231. The summed E-state index contributed by atoms with van der Waals surface area (Å²) in [5.74, 6) is 1.59. The molecule has 0 unspecified atom stereocenters. The van der Waals surface area contributed by atoms with Crippen molar-refractivity contribution < 1.29 is 0 Å². The molecule has 98 valence electrons. The summed E-state index contributed by atoms with van der Waals surface area (Å²) in [7, 11) is 0. The molecule has 3 rings (SSSR count). The number of hydrogen-bond donors (Lipinski definition) is 2. The van der Waals surface area contributed by atoms with Gasteiger partial charge in [0, 0.05) is 33.9 Å². The predicted octanol–water partition coefficient (Wildman–Crippen LogP) is 3.31. The highest BCUT2D eigenvalue weighted by atomic mass is 35.5. The van der Waals surface area contributed by atoms with Crippen molar-refractivity contribution >= 4 is 29.0 Å². The number of halogens is 2. The van der Waals surface area contributed by atoms with Crippen molar-refractivity contribution in [2.75, 3.05) is 5.32 Å². The van der Waals surface area contributed by atoms with E-state index in [0.717, 1.165) is 22.8 Å². The maximum atomic E-state index is 6.22. The first-order chi connectivity index (χ1) is 9.13. The number of hydrogen-bond acceptors (Lipinski definition) is 4. The molecule has 2 aromatic rings. The molecule has 0 bridgehead atoms. The first kappa shape index (κ1) is 12.7. The van der Waals surface area contributed by atoms with E-state index in [2.05, 4.69) is 20.6 Å². The van der Waals surface area contributed by atoms with Crippen molar-refractivity contribution in [1.29, 1.82) is 0 Å². The van der Waals surface area contributed by atoms with Crippen LogP contribution in [0.2, 0.25) is 10.0 Å². The first-order valence-electron chi connectivity index (χ1n) is 5.91. The Labute approximate surface area is 121 Å². The van der Waals surface area contributed by atoms with E-state index in [9.17, 15) is 0 Å². The SMILES string of the molecule is Cc1ncc2c(n1)N[C@H](c1ccc(Cl)cc1Cl)NC2. The quantitative estimate of drug-likeness (QED) is 0.847. The van der Waals surface area contributed by atoms with E-state index < -0.39 is 0 Å². The maximum Gasteiger partial charge on any atom is 0.135 e. The molecule has 2 heterocycles. The Bertz CT molecular complexity index is 630. The van der Waals surface area contributed by atoms with Gasteiger partial charge in [0.05, 0.1) is 0 Å². The fourth-order valence-electron chi connectivity index (χ4n) is 2.07. The Balaban J connectivity index is 1.93. The number of fused-ring (bicyclic) bond motifs is 1. The molecule has 0 amide bonds. The van der Waals surface area contributed by atoms with Gasteiger partial charge in [0.1, 0.15) is 17.8 Å². The van der Waals surface area contributed by atoms with Gasteiger partial charge in [0.2, 0.25) is 0 Å². The molecular formula is C13H12Cl2N4. The van der Waals surface area contributed by atoms with Gasteiger partial charge in [-0.25, -0.2) is 9.97 Å². The molecule has 0 spiro atoms. The minimum atomic E-state index is -0.0773. The minimum Gasteiger partial charge on any atom is -0.350 e. The lowest BCUT2D eigenvalue weighted by Crippen LogP contribution is -2.33. The van der Waals surface area contributed by atoms with Crippen molar-refractivity contribution in [3.8, 4) is 0 Å². The van der Waals surface area contributed by atoms with Gasteiger partial charge < -0.3 is 5.32 Å². The molecule has 6 heteroatoms. The van der Waals surface area contributed by atoms with Crippen LogP contribution in [0.5, 0.6) is 0 Å². The number of rotatable bonds is 1. The van der Waals surface area contributed by atoms with Gasteiger partial charge in [0.25, 0.3) is 0 Å². The Morgan fingerprint density at radius 3 is 2.95 bits per heavy atom. The number of nitrogens with one attached hydrogen (secondary N) is 2. The van der Waals surface area contributed by atoms with Crippen LogP contribution in [-0.4, -0.2) is 9.97 Å². The number of anilines is 1. The van der Waals surface area contributed by atoms with Crippen LogP contribution in [0.25, 0.3) is 0 Å². The van der Waals surface area contributed by atoms with Crippen molar-refractivity contribution in [3.05, 3.63) is 51.4 Å². The van der Waals surface area contributed by atoms with Crippen LogP contribution in [0.1, 0.15) is 23.1 Å². The topological polar surface area (TPSA) is 49.8 Å². The standard InChI is InChI=1S/C13H12Cl2N4/c1-7-16-5-8-6-17-13(19-12(8)18-7)10-3-2-9(14)4-11(10)15/h2-5,13,17H,6H2,1H3,(H,16,18,19)/t13-/m1/s1. The summed E-state index contributed by atoms with van der Waals surface area (Å²) >= 11 is 12.1. The molecule has 1 atom stereocenters. The Morgan fingerprint density at radius 1 is 1.32 bits per heavy atom. The zero-order valence-corrected chi connectivity index (χ0v) is 11.8. The predicted molar refractivity (Wildman–Crippen MR) is 76.4 cm³/mol. The monoisotopic (exact) mass is 294 g/mol. The summed E-state index contributed by atoms with van der Waals surface area (Å²) in [6.45, 7) is 2.57. The summed E-state index contributed by atoms with van der Waals surface area (Å²) in [4.78, 5) is 8.59. The van der Waals surface area contributed by atoms with E-state index in [-0.39, 0.29) is 6.17 Å². The second kappa shape index (κ2) is 4.96. The second-order valence-electron chi connectivity index (χ2n) is 4.42. The third-order valence-corrected chi connectivity index (χ3v) is 3.60. The van der Waals surface area contributed by atoms with E-state index in [4.69, 9.17) is 23.2 Å². The van der Waals surface area contributed by atoms with Gasteiger partial charge in [-0.3, -0.25) is 5.32 Å². The lowest BCUT2D eigenvalue weighted by molar-refractivity contribution is 0.558. The van der Waals surface area contributed by atoms with Crippen molar-refractivity contribution in [2.24, 2.45) is 0 Å². The molecule has 0 radical (unpaired) electrons. The van der Waals surface area contributed by atoms with Gasteiger partial charge in [0.15, 0.2) is 0 Å². The number of benzene rings is 1. The second-order valence-corrected chi connectivity index (χ2v) is 5.26. The van der Waals surface area contributed by atoms with E-state index in [1.54, 1.807) is 6.07 Å². The molecule has 0 saturated carbocycles. The molecule has 0 fully saturated rings. The normalized spacial score (nSPS) is 17.7. The largest absolute Gasteiger partial charge is 0.350 e. The number of aryl methyl sites for hydroxylation is 1. The molecule has 4 nitrogen and oxygen atoms in total. The molecule has 19 heavy (non-hydrogen) atoms. The fourth-order valence-corrected chi connectivity index (χ4v) is 2.59. The van der Waals surface area contributed by atoms with Crippen LogP contribution in [0.3, 0.4) is 0 Å². The van der Waals surface area contributed by atoms with Crippen LogP contribution in [0.15, 0.2) is 24.4 Å². The minimum absolute atomic E-state index is 0.0773. The zero-order valence-electron chi connectivity index (χ0n) is 10.2. The first-order valence-corrected chi connectivity index (χ1v) is 6.66. The van der Waals surface area contributed by atoms with Crippen LogP contribution in [-0.2, 0) is 6.54 Å². The highest BCUT2D eigenvalue weighted by Crippen LogP contribution is 2.30. The van der Waals surface area contributed by atoms with Crippen LogP contribution in [0, 0.1) is 6.92 Å². The van der Waals surface area contributed by atoms with Gasteiger partial charge in [-0.05, 0) is 19.1 Å². The summed E-state index contributed by atoms with van der Waals surface area (Å²) in [5.41, 5.74) is 2.00. The summed E-state index contributed by atoms with van der Waals surface area (Å²) in [5, 5.41) is 7.94. The van der Waals surface area contributed by atoms with Gasteiger partial charge in [-0.2, -0.15) is 0 Å². The molecule has 0 aliphatic carbocycles. The molecule has 0 saturated heterocycles. The van der Waals surface area contributed by atoms with Crippen LogP contribution < -0.4 is 10.6 Å². The van der Waals surface area contributed by atoms with E-state index >= 15 is 0 Å². The Kier molecular flexibility index (Phi) is 3.31. The molecule has 2 N–H and O–H groups in total. The third-order valence-electron chi connectivity index (χ3n) is 3.04. The summed E-state index contributed by atoms with van der Waals surface area (Å²) in [6.07, 6.45) is 1.75. The highest BCUT2D eigenvalue weighted by molar-refractivity contribution is 6.35. The van der Waals surface area contributed by atoms with Crippen molar-refractivity contribution in [2.45, 2.75) is 19.6 Å². The number of nitrogens with zero attached hydrogens (tertiary/aromatic N) is 2. The average Bonchev–Trinajstić information content (AvgIpc) is 2.38. The molecule has 1 aromatic carbocycles. The Morgan fingerprint density at radius 2 is 2.16 bits per heavy atom. The highest BCUT2D eigenvalue weighted by Gasteiger charge is 2.21. The lowest BCUT2D eigenvalue weighted by Gasteiger charge is -2.28. The van der Waals surface area contributed by atoms with Crippen molar-refractivity contribution in [3.63, 3.8) is 0 Å². The Hall–Kier alpha value is -1.36. The molecular weight excluding hydrogens is 283 g/mol. The van der Waals surface area contributed by atoms with Crippen LogP contribution in [0.4, 0.5) is 5.82 Å². The van der Waals surface area contributed by atoms with Gasteiger partial charge >= 0.3 is 0 Å². The van der Waals surface area contributed by atoms with E-state index in [1.807, 2.05) is 25.3 Å². The van der Waals surface area contributed by atoms with Crippen LogP contribution >= 0.6 is 23.2 Å². The van der Waals surface area contributed by atoms with E-state index in [1.165, 1.54) is 0 Å². The molecule has 1 aliphatic rings. The lowest BCUT2D eigenvalue weighted by atomic mass is 10.1. The molecule has 1 aromatic heterocycles. The molecule has 1 aliphatic heterocycles. The summed E-state index contributed by atoms with van der Waals surface area (Å²) < 4.78 is 0. The zero-order chi connectivity index (χ0) is 13.4. The third kappa shape index (κ3) is 2.52. The maximum absolute atomic E-state index is 6.22. The number of aromatic nitrogens is 2.